The number of hydrogen-bond donors (Lipinski definition) is 1. The van der Waals surface area contributed by atoms with Crippen LogP contribution < -0.4 is 24.4 Å². The van der Waals surface area contributed by atoms with Crippen molar-refractivity contribution >= 4 is 11.7 Å². The number of benzene rings is 2. The lowest BCUT2D eigenvalue weighted by Crippen LogP contribution is -2.49. The lowest BCUT2D eigenvalue weighted by molar-refractivity contribution is -0.137. The standard InChI is InChI=1S/C22H25FN2O4/c1-13-12-25(7-6-24-13)15-9-18(23)17-11-16(22(26)29-20(17)10-15)14-4-5-19(27-2)21(8-14)28-3/h4-5,8-10,13,16,24H,6-7,11-12H2,1-3H3/t13-,16?/m0/s1. The molecule has 4 rings (SSSR count). The Hall–Kier alpha value is -2.80. The van der Waals surface area contributed by atoms with Crippen LogP contribution in [-0.2, 0) is 11.2 Å². The molecule has 2 aromatic rings. The van der Waals surface area contributed by atoms with Crippen molar-refractivity contribution in [3.8, 4) is 17.2 Å². The van der Waals surface area contributed by atoms with Crippen molar-refractivity contribution in [3.05, 3.63) is 47.3 Å². The van der Waals surface area contributed by atoms with Crippen LogP contribution in [0.5, 0.6) is 17.2 Å². The first-order chi connectivity index (χ1) is 14.0. The zero-order chi connectivity index (χ0) is 20.5. The molecule has 0 spiro atoms. The van der Waals surface area contributed by atoms with Crippen molar-refractivity contribution < 1.29 is 23.4 Å². The summed E-state index contributed by atoms with van der Waals surface area (Å²) in [6, 6.07) is 8.90. The van der Waals surface area contributed by atoms with Crippen molar-refractivity contribution in [3.63, 3.8) is 0 Å². The van der Waals surface area contributed by atoms with Gasteiger partial charge in [0.1, 0.15) is 11.6 Å². The van der Waals surface area contributed by atoms with Gasteiger partial charge in [0.15, 0.2) is 11.5 Å². The minimum absolute atomic E-state index is 0.244. The molecule has 2 atom stereocenters. The number of piperazine rings is 1. The van der Waals surface area contributed by atoms with Gasteiger partial charge in [-0.2, -0.15) is 0 Å². The second-order valence-electron chi connectivity index (χ2n) is 7.50. The lowest BCUT2D eigenvalue weighted by Gasteiger charge is -2.34. The lowest BCUT2D eigenvalue weighted by atomic mass is 9.89. The minimum Gasteiger partial charge on any atom is -0.493 e. The van der Waals surface area contributed by atoms with E-state index in [1.54, 1.807) is 37.4 Å². The number of fused-ring (bicyclic) bond motifs is 1. The van der Waals surface area contributed by atoms with Crippen LogP contribution in [0.2, 0.25) is 0 Å². The molecule has 0 radical (unpaired) electrons. The molecule has 0 saturated carbocycles. The number of carbonyl (C=O) groups excluding carboxylic acids is 1. The minimum atomic E-state index is -0.595. The Kier molecular flexibility index (Phi) is 5.32. The molecule has 2 aromatic carbocycles. The van der Waals surface area contributed by atoms with Crippen molar-refractivity contribution in [1.82, 2.24) is 5.32 Å². The van der Waals surface area contributed by atoms with Gasteiger partial charge in [-0.15, -0.1) is 0 Å². The Balaban J connectivity index is 1.63. The van der Waals surface area contributed by atoms with E-state index in [9.17, 15) is 9.18 Å². The smallest absolute Gasteiger partial charge is 0.319 e. The van der Waals surface area contributed by atoms with Gasteiger partial charge in [-0.05, 0) is 37.1 Å². The van der Waals surface area contributed by atoms with Crippen LogP contribution in [0.4, 0.5) is 10.1 Å². The predicted octanol–water partition coefficient (Wildman–Crippen LogP) is 2.89. The number of methoxy groups -OCH3 is 2. The Morgan fingerprint density at radius 2 is 1.97 bits per heavy atom. The molecule has 2 aliphatic rings. The molecule has 1 N–H and O–H groups in total. The zero-order valence-electron chi connectivity index (χ0n) is 16.8. The number of nitrogens with zero attached hydrogens (tertiary/aromatic N) is 1. The van der Waals surface area contributed by atoms with Crippen LogP contribution >= 0.6 is 0 Å². The fourth-order valence-corrected chi connectivity index (χ4v) is 4.03. The number of nitrogens with one attached hydrogen (secondary N) is 1. The number of ether oxygens (including phenoxy) is 3. The van der Waals surface area contributed by atoms with Gasteiger partial charge in [-0.3, -0.25) is 4.79 Å². The van der Waals surface area contributed by atoms with Gasteiger partial charge in [-0.1, -0.05) is 6.07 Å². The SMILES string of the molecule is COc1ccc(C2Cc3c(F)cc(N4CCN[C@@H](C)C4)cc3OC2=O)cc1OC. The molecule has 2 aliphatic heterocycles. The molecule has 1 unspecified atom stereocenters. The summed E-state index contributed by atoms with van der Waals surface area (Å²) in [4.78, 5) is 14.8. The highest BCUT2D eigenvalue weighted by Gasteiger charge is 2.33. The van der Waals surface area contributed by atoms with Gasteiger partial charge in [0.05, 0.1) is 20.1 Å². The summed E-state index contributed by atoms with van der Waals surface area (Å²) in [5, 5.41) is 3.37. The normalized spacial score (nSPS) is 21.4. The molecule has 154 valence electrons. The van der Waals surface area contributed by atoms with Gasteiger partial charge in [-0.25, -0.2) is 4.39 Å². The topological polar surface area (TPSA) is 60.0 Å². The summed E-state index contributed by atoms with van der Waals surface area (Å²) in [6.07, 6.45) is 0.244. The van der Waals surface area contributed by atoms with Crippen molar-refractivity contribution in [1.29, 1.82) is 0 Å². The molecule has 1 saturated heterocycles. The van der Waals surface area contributed by atoms with Crippen molar-refractivity contribution in [2.45, 2.75) is 25.3 Å². The highest BCUT2D eigenvalue weighted by atomic mass is 19.1. The monoisotopic (exact) mass is 400 g/mol. The molecule has 2 heterocycles. The maximum Gasteiger partial charge on any atom is 0.319 e. The van der Waals surface area contributed by atoms with Crippen LogP contribution in [0.1, 0.15) is 24.0 Å². The van der Waals surface area contributed by atoms with Gasteiger partial charge < -0.3 is 24.4 Å². The number of hydrogen-bond acceptors (Lipinski definition) is 6. The van der Waals surface area contributed by atoms with Crippen molar-refractivity contribution in [2.24, 2.45) is 0 Å². The Bertz CT molecular complexity index is 933. The molecular weight excluding hydrogens is 375 g/mol. The summed E-state index contributed by atoms with van der Waals surface area (Å²) in [5.41, 5.74) is 1.88. The molecule has 1 fully saturated rings. The van der Waals surface area contributed by atoms with E-state index in [-0.39, 0.29) is 12.2 Å². The van der Waals surface area contributed by atoms with Crippen LogP contribution in [0.15, 0.2) is 30.3 Å². The summed E-state index contributed by atoms with van der Waals surface area (Å²) >= 11 is 0. The number of halogens is 1. The highest BCUT2D eigenvalue weighted by Crippen LogP contribution is 2.39. The summed E-state index contributed by atoms with van der Waals surface area (Å²) < 4.78 is 31.1. The van der Waals surface area contributed by atoms with Crippen LogP contribution in [-0.4, -0.2) is 45.9 Å². The summed E-state index contributed by atoms with van der Waals surface area (Å²) in [5.74, 6) is 0.0699. The molecular formula is C22H25FN2O4. The van der Waals surface area contributed by atoms with E-state index in [2.05, 4.69) is 17.1 Å². The van der Waals surface area contributed by atoms with Gasteiger partial charge >= 0.3 is 5.97 Å². The van der Waals surface area contributed by atoms with Crippen LogP contribution in [0, 0.1) is 5.82 Å². The number of carbonyl (C=O) groups is 1. The fourth-order valence-electron chi connectivity index (χ4n) is 4.03. The van der Waals surface area contributed by atoms with Crippen LogP contribution in [0.25, 0.3) is 0 Å². The molecule has 0 bridgehead atoms. The van der Waals surface area contributed by atoms with E-state index in [0.717, 1.165) is 25.3 Å². The van der Waals surface area contributed by atoms with E-state index in [1.165, 1.54) is 7.11 Å². The fraction of sp³-hybridized carbons (Fsp3) is 0.409. The first-order valence-corrected chi connectivity index (χ1v) is 9.74. The Morgan fingerprint density at radius 1 is 1.17 bits per heavy atom. The van der Waals surface area contributed by atoms with Crippen LogP contribution in [0.3, 0.4) is 0 Å². The molecule has 6 nitrogen and oxygen atoms in total. The first-order valence-electron chi connectivity index (χ1n) is 9.74. The van der Waals surface area contributed by atoms with E-state index < -0.39 is 11.9 Å². The van der Waals surface area contributed by atoms with E-state index in [1.807, 2.05) is 0 Å². The molecule has 29 heavy (non-hydrogen) atoms. The van der Waals surface area contributed by atoms with E-state index >= 15 is 0 Å². The molecule has 0 aliphatic carbocycles. The summed E-state index contributed by atoms with van der Waals surface area (Å²) in [7, 11) is 3.09. The van der Waals surface area contributed by atoms with E-state index in [4.69, 9.17) is 14.2 Å². The number of anilines is 1. The second kappa shape index (κ2) is 7.91. The van der Waals surface area contributed by atoms with Gasteiger partial charge in [0, 0.05) is 43.0 Å². The predicted molar refractivity (Wildman–Crippen MR) is 108 cm³/mol. The third-order valence-electron chi connectivity index (χ3n) is 5.59. The largest absolute Gasteiger partial charge is 0.493 e. The maximum atomic E-state index is 15.0. The zero-order valence-corrected chi connectivity index (χ0v) is 16.8. The molecule has 0 aromatic heterocycles. The average Bonchev–Trinajstić information content (AvgIpc) is 2.72. The highest BCUT2D eigenvalue weighted by molar-refractivity contribution is 5.84. The quantitative estimate of drug-likeness (QED) is 0.629. The Morgan fingerprint density at radius 3 is 2.69 bits per heavy atom. The van der Waals surface area contributed by atoms with E-state index in [0.29, 0.717) is 34.4 Å². The third-order valence-corrected chi connectivity index (χ3v) is 5.59. The summed E-state index contributed by atoms with van der Waals surface area (Å²) in [6.45, 7) is 4.49. The van der Waals surface area contributed by atoms with Gasteiger partial charge in [0.2, 0.25) is 0 Å². The number of esters is 1. The Labute approximate surface area is 169 Å². The van der Waals surface area contributed by atoms with Gasteiger partial charge in [0.25, 0.3) is 0 Å². The van der Waals surface area contributed by atoms with Crippen molar-refractivity contribution in [2.75, 3.05) is 38.8 Å². The third kappa shape index (κ3) is 3.74. The molecule has 7 heteroatoms. The average molecular weight is 400 g/mol. The maximum absolute atomic E-state index is 15.0. The second-order valence-corrected chi connectivity index (χ2v) is 7.50. The first kappa shape index (κ1) is 19.5. The number of rotatable bonds is 4. The molecule has 0 amide bonds.